The number of nitrogens with two attached hydrogens (primary N) is 1. The normalized spacial score (nSPS) is 17.5. The second-order valence-electron chi connectivity index (χ2n) is 3.85. The van der Waals surface area contributed by atoms with Gasteiger partial charge >= 0.3 is 5.97 Å². The number of carboxylic acid groups (broad SMARTS) is 1. The van der Waals surface area contributed by atoms with Gasteiger partial charge in [0.25, 0.3) is 0 Å². The molecule has 2 rings (SSSR count). The largest absolute Gasteiger partial charge is 0.480 e. The number of hydrogen-bond acceptors (Lipinski definition) is 2. The molecule has 0 unspecified atom stereocenters. The van der Waals surface area contributed by atoms with Crippen molar-refractivity contribution in [3.05, 3.63) is 33.3 Å². The number of rotatable bonds is 1. The van der Waals surface area contributed by atoms with Gasteiger partial charge in [-0.15, -0.1) is 0 Å². The lowest BCUT2D eigenvalue weighted by molar-refractivity contribution is -0.142. The van der Waals surface area contributed by atoms with Crippen LogP contribution in [-0.2, 0) is 17.6 Å². The molecule has 3 N–H and O–H groups in total. The lowest BCUT2D eigenvalue weighted by Crippen LogP contribution is -2.48. The second kappa shape index (κ2) is 3.37. The number of carbonyl (C=O) groups is 1. The van der Waals surface area contributed by atoms with Crippen molar-refractivity contribution in [2.24, 2.45) is 5.73 Å². The van der Waals surface area contributed by atoms with Gasteiger partial charge in [0, 0.05) is 12.8 Å². The smallest absolute Gasteiger partial charge is 0.324 e. The highest BCUT2D eigenvalue weighted by Crippen LogP contribution is 2.34. The van der Waals surface area contributed by atoms with Crippen LogP contribution in [-0.4, -0.2) is 16.6 Å². The number of hydrogen-bond donors (Lipinski definition) is 2. The van der Waals surface area contributed by atoms with Crippen LogP contribution in [0.1, 0.15) is 11.1 Å². The third-order valence-electron chi connectivity index (χ3n) is 2.68. The number of fused-ring (bicyclic) bond motifs is 1. The zero-order valence-corrected chi connectivity index (χ0v) is 9.27. The summed E-state index contributed by atoms with van der Waals surface area (Å²) in [6.45, 7) is 0. The van der Waals surface area contributed by atoms with E-state index in [4.69, 9.17) is 34.0 Å². The van der Waals surface area contributed by atoms with Crippen LogP contribution in [0.15, 0.2) is 12.1 Å². The average Bonchev–Trinajstić information content (AvgIpc) is 2.43. The summed E-state index contributed by atoms with van der Waals surface area (Å²) in [6.07, 6.45) is 0.600. The lowest BCUT2D eigenvalue weighted by atomic mass is 9.98. The molecule has 0 spiro atoms. The monoisotopic (exact) mass is 245 g/mol. The first-order valence-corrected chi connectivity index (χ1v) is 5.17. The maximum atomic E-state index is 11.0. The molecule has 0 aromatic heterocycles. The Hall–Kier alpha value is -0.770. The van der Waals surface area contributed by atoms with Gasteiger partial charge in [0.15, 0.2) is 0 Å². The van der Waals surface area contributed by atoms with Crippen LogP contribution < -0.4 is 5.73 Å². The van der Waals surface area contributed by atoms with Gasteiger partial charge in [-0.2, -0.15) is 0 Å². The molecule has 15 heavy (non-hydrogen) atoms. The maximum Gasteiger partial charge on any atom is 0.324 e. The minimum atomic E-state index is -1.21. The summed E-state index contributed by atoms with van der Waals surface area (Å²) in [5.41, 5.74) is 6.29. The van der Waals surface area contributed by atoms with Crippen LogP contribution in [0.5, 0.6) is 0 Å². The molecule has 0 amide bonds. The molecule has 3 nitrogen and oxygen atoms in total. The molecule has 0 bridgehead atoms. The van der Waals surface area contributed by atoms with Gasteiger partial charge < -0.3 is 10.8 Å². The van der Waals surface area contributed by atoms with Gasteiger partial charge in [-0.1, -0.05) is 23.2 Å². The molecule has 0 radical (unpaired) electrons. The second-order valence-corrected chi connectivity index (χ2v) is 4.66. The van der Waals surface area contributed by atoms with E-state index in [-0.39, 0.29) is 0 Å². The summed E-state index contributed by atoms with van der Waals surface area (Å²) in [6, 6.07) is 3.38. The molecule has 80 valence electrons. The van der Waals surface area contributed by atoms with E-state index in [1.54, 1.807) is 12.1 Å². The molecule has 1 aliphatic carbocycles. The van der Waals surface area contributed by atoms with E-state index in [0.29, 0.717) is 22.9 Å². The number of halogens is 2. The Balaban J connectivity index is 2.43. The average molecular weight is 246 g/mol. The van der Waals surface area contributed by atoms with E-state index >= 15 is 0 Å². The molecule has 5 heteroatoms. The molecule has 0 saturated heterocycles. The first kappa shape index (κ1) is 10.7. The van der Waals surface area contributed by atoms with E-state index in [1.807, 2.05) is 0 Å². The van der Waals surface area contributed by atoms with Gasteiger partial charge in [0.2, 0.25) is 0 Å². The Morgan fingerprint density at radius 1 is 1.27 bits per heavy atom. The van der Waals surface area contributed by atoms with Crippen LogP contribution >= 0.6 is 23.2 Å². The Morgan fingerprint density at radius 2 is 1.67 bits per heavy atom. The molecule has 0 atom stereocenters. The van der Waals surface area contributed by atoms with Crippen LogP contribution in [0.2, 0.25) is 10.0 Å². The molecular formula is C10H9Cl2NO2. The molecule has 0 aliphatic heterocycles. The van der Waals surface area contributed by atoms with Gasteiger partial charge in [0.05, 0.1) is 10.0 Å². The Bertz CT molecular complexity index is 414. The van der Waals surface area contributed by atoms with Crippen LogP contribution in [0.4, 0.5) is 0 Å². The predicted molar refractivity (Wildman–Crippen MR) is 58.4 cm³/mol. The quantitative estimate of drug-likeness (QED) is 0.795. The third-order valence-corrected chi connectivity index (χ3v) is 3.40. The number of benzene rings is 1. The minimum Gasteiger partial charge on any atom is -0.480 e. The zero-order chi connectivity index (χ0) is 11.2. The van der Waals surface area contributed by atoms with Crippen molar-refractivity contribution in [2.45, 2.75) is 18.4 Å². The van der Waals surface area contributed by atoms with E-state index in [2.05, 4.69) is 0 Å². The maximum absolute atomic E-state index is 11.0. The van der Waals surface area contributed by atoms with Crippen molar-refractivity contribution < 1.29 is 9.90 Å². The predicted octanol–water partition coefficient (Wildman–Crippen LogP) is 1.87. The van der Waals surface area contributed by atoms with Crippen molar-refractivity contribution in [1.29, 1.82) is 0 Å². The van der Waals surface area contributed by atoms with Gasteiger partial charge in [-0.05, 0) is 23.3 Å². The van der Waals surface area contributed by atoms with Gasteiger partial charge in [-0.3, -0.25) is 4.79 Å². The Morgan fingerprint density at radius 3 is 2.00 bits per heavy atom. The molecule has 0 heterocycles. The van der Waals surface area contributed by atoms with Crippen molar-refractivity contribution in [3.8, 4) is 0 Å². The summed E-state index contributed by atoms with van der Waals surface area (Å²) < 4.78 is 0. The molecule has 1 aromatic rings. The zero-order valence-electron chi connectivity index (χ0n) is 7.76. The molecule has 1 aliphatic rings. The van der Waals surface area contributed by atoms with E-state index in [9.17, 15) is 4.79 Å². The Labute approximate surface area is 96.8 Å². The summed E-state index contributed by atoms with van der Waals surface area (Å²) in [5, 5.41) is 9.86. The van der Waals surface area contributed by atoms with Gasteiger partial charge in [0.1, 0.15) is 5.54 Å². The van der Waals surface area contributed by atoms with Crippen molar-refractivity contribution in [2.75, 3.05) is 0 Å². The molecule has 0 fully saturated rings. The highest BCUT2D eigenvalue weighted by Gasteiger charge is 2.40. The van der Waals surface area contributed by atoms with Crippen LogP contribution in [0.3, 0.4) is 0 Å². The van der Waals surface area contributed by atoms with Crippen LogP contribution in [0.25, 0.3) is 0 Å². The van der Waals surface area contributed by atoms with E-state index in [1.165, 1.54) is 0 Å². The SMILES string of the molecule is NC1(C(=O)O)Cc2cc(Cl)c(Cl)cc2C1. The highest BCUT2D eigenvalue weighted by molar-refractivity contribution is 6.42. The summed E-state index contributed by atoms with van der Waals surface area (Å²) in [4.78, 5) is 11.0. The van der Waals surface area contributed by atoms with E-state index < -0.39 is 11.5 Å². The van der Waals surface area contributed by atoms with Crippen LogP contribution in [0, 0.1) is 0 Å². The Kier molecular flexibility index (Phi) is 2.41. The summed E-state index contributed by atoms with van der Waals surface area (Å²) >= 11 is 11.7. The fourth-order valence-corrected chi connectivity index (χ4v) is 2.22. The minimum absolute atomic E-state index is 0.300. The van der Waals surface area contributed by atoms with Crippen molar-refractivity contribution >= 4 is 29.2 Å². The first-order chi connectivity index (χ1) is 6.92. The highest BCUT2D eigenvalue weighted by atomic mass is 35.5. The fraction of sp³-hybridized carbons (Fsp3) is 0.300. The molecule has 1 aromatic carbocycles. The van der Waals surface area contributed by atoms with Crippen molar-refractivity contribution in [3.63, 3.8) is 0 Å². The number of aliphatic carboxylic acids is 1. The van der Waals surface area contributed by atoms with Gasteiger partial charge in [-0.25, -0.2) is 0 Å². The van der Waals surface area contributed by atoms with Crippen molar-refractivity contribution in [1.82, 2.24) is 0 Å². The summed E-state index contributed by atoms with van der Waals surface area (Å²) in [7, 11) is 0. The standard InChI is InChI=1S/C10H9Cl2NO2/c11-7-1-5-3-10(13,9(14)15)4-6(5)2-8(7)12/h1-2H,3-4,13H2,(H,14,15). The fourth-order valence-electron chi connectivity index (χ4n) is 1.85. The topological polar surface area (TPSA) is 63.3 Å². The first-order valence-electron chi connectivity index (χ1n) is 4.41. The number of carboxylic acids is 1. The molecular weight excluding hydrogens is 237 g/mol. The van der Waals surface area contributed by atoms with E-state index in [0.717, 1.165) is 11.1 Å². The third kappa shape index (κ3) is 1.71. The molecule has 0 saturated carbocycles. The lowest BCUT2D eigenvalue weighted by Gasteiger charge is -2.16. The summed E-state index contributed by atoms with van der Waals surface area (Å²) in [5.74, 6) is -0.994.